The van der Waals surface area contributed by atoms with Crippen LogP contribution in [0.4, 0.5) is 0 Å². The van der Waals surface area contributed by atoms with Crippen LogP contribution in [0.3, 0.4) is 0 Å². The number of benzene rings is 1. The van der Waals surface area contributed by atoms with Crippen molar-refractivity contribution in [2.75, 3.05) is 19.9 Å². The van der Waals surface area contributed by atoms with Crippen molar-refractivity contribution in [3.63, 3.8) is 0 Å². The molecule has 0 bridgehead atoms. The minimum atomic E-state index is -0.0374. The van der Waals surface area contributed by atoms with Gasteiger partial charge >= 0.3 is 0 Å². The summed E-state index contributed by atoms with van der Waals surface area (Å²) in [6, 6.07) is 5.30. The molecule has 2 aliphatic heterocycles. The summed E-state index contributed by atoms with van der Waals surface area (Å²) in [6.45, 7) is 5.37. The highest BCUT2D eigenvalue weighted by atomic mass is 16.7. The first-order valence-electron chi connectivity index (χ1n) is 9.53. The van der Waals surface area contributed by atoms with Gasteiger partial charge in [0.2, 0.25) is 6.79 Å². The molecule has 1 fully saturated rings. The van der Waals surface area contributed by atoms with Crippen LogP contribution < -0.4 is 9.47 Å². The van der Waals surface area contributed by atoms with Gasteiger partial charge < -0.3 is 18.9 Å². The van der Waals surface area contributed by atoms with Gasteiger partial charge in [0, 0.05) is 24.6 Å². The Labute approximate surface area is 166 Å². The standard InChI is InChI=1S/C19H20N6O4/c1-11(2)17-20-18(29-22-17)14-9-25(23-21-14)13-5-6-24(8-13)19(26)12-3-4-15-16(7-12)28-10-27-15/h3-4,7,9,11,13H,5-6,8,10H2,1-2H3/t13-/m0/s1. The number of carbonyl (C=O) groups is 1. The largest absolute Gasteiger partial charge is 0.454 e. The Morgan fingerprint density at radius 1 is 1.24 bits per heavy atom. The number of carbonyl (C=O) groups excluding carboxylic acids is 1. The molecule has 1 amide bonds. The first-order chi connectivity index (χ1) is 14.1. The van der Waals surface area contributed by atoms with Crippen LogP contribution in [-0.4, -0.2) is 55.8 Å². The Balaban J connectivity index is 1.28. The van der Waals surface area contributed by atoms with Crippen LogP contribution in [0, 0.1) is 0 Å². The van der Waals surface area contributed by atoms with E-state index in [9.17, 15) is 4.79 Å². The summed E-state index contributed by atoms with van der Waals surface area (Å²) in [5.74, 6) is 2.39. The highest BCUT2D eigenvalue weighted by Crippen LogP contribution is 2.33. The van der Waals surface area contributed by atoms with Gasteiger partial charge in [0.05, 0.1) is 12.2 Å². The summed E-state index contributed by atoms with van der Waals surface area (Å²) in [5, 5.41) is 12.3. The van der Waals surface area contributed by atoms with Crippen molar-refractivity contribution < 1.29 is 18.8 Å². The van der Waals surface area contributed by atoms with Gasteiger partial charge in [-0.3, -0.25) is 4.79 Å². The van der Waals surface area contributed by atoms with Crippen LogP contribution in [0.15, 0.2) is 28.9 Å². The second-order valence-corrected chi connectivity index (χ2v) is 7.46. The van der Waals surface area contributed by atoms with Crippen molar-refractivity contribution in [2.45, 2.75) is 32.2 Å². The Morgan fingerprint density at radius 3 is 2.93 bits per heavy atom. The Bertz CT molecular complexity index is 1060. The Morgan fingerprint density at radius 2 is 2.10 bits per heavy atom. The van der Waals surface area contributed by atoms with Gasteiger partial charge in [-0.1, -0.05) is 24.2 Å². The van der Waals surface area contributed by atoms with Crippen molar-refractivity contribution in [3.8, 4) is 23.1 Å². The SMILES string of the molecule is CC(C)c1noc(-c2cn([C@H]3CCN(C(=O)c4ccc5c(c4)OCO5)C3)nn2)n1. The number of ether oxygens (including phenoxy) is 2. The summed E-state index contributed by atoms with van der Waals surface area (Å²) in [6.07, 6.45) is 2.58. The van der Waals surface area contributed by atoms with E-state index in [2.05, 4.69) is 20.5 Å². The molecule has 1 saturated heterocycles. The maximum Gasteiger partial charge on any atom is 0.280 e. The van der Waals surface area contributed by atoms with Gasteiger partial charge in [0.1, 0.15) is 0 Å². The van der Waals surface area contributed by atoms with Crippen LogP contribution >= 0.6 is 0 Å². The first kappa shape index (κ1) is 17.7. The molecule has 10 heteroatoms. The van der Waals surface area contributed by atoms with E-state index in [-0.39, 0.29) is 24.7 Å². The second kappa shape index (κ2) is 6.87. The number of nitrogens with zero attached hydrogens (tertiary/aromatic N) is 6. The molecular formula is C19H20N6O4. The van der Waals surface area contributed by atoms with E-state index in [4.69, 9.17) is 14.0 Å². The van der Waals surface area contributed by atoms with Crippen molar-refractivity contribution in [2.24, 2.45) is 0 Å². The molecule has 0 spiro atoms. The van der Waals surface area contributed by atoms with E-state index in [1.165, 1.54) is 0 Å². The maximum atomic E-state index is 12.9. The topological polar surface area (TPSA) is 108 Å². The van der Waals surface area contributed by atoms with Gasteiger partial charge in [0.25, 0.3) is 11.8 Å². The van der Waals surface area contributed by atoms with Gasteiger partial charge in [-0.25, -0.2) is 4.68 Å². The minimum absolute atomic E-state index is 0.0374. The summed E-state index contributed by atoms with van der Waals surface area (Å²) in [7, 11) is 0. The molecule has 10 nitrogen and oxygen atoms in total. The smallest absolute Gasteiger partial charge is 0.280 e. The van der Waals surface area contributed by atoms with E-state index in [1.807, 2.05) is 18.7 Å². The Hall–Kier alpha value is -3.43. The van der Waals surface area contributed by atoms with Crippen molar-refractivity contribution >= 4 is 5.91 Å². The lowest BCUT2D eigenvalue weighted by Crippen LogP contribution is -2.29. The molecule has 1 atom stereocenters. The average molecular weight is 396 g/mol. The van der Waals surface area contributed by atoms with Crippen LogP contribution in [0.2, 0.25) is 0 Å². The van der Waals surface area contributed by atoms with Crippen molar-refractivity contribution in [1.29, 1.82) is 0 Å². The maximum absolute atomic E-state index is 12.9. The average Bonchev–Trinajstić information content (AvgIpc) is 3.52. The highest BCUT2D eigenvalue weighted by Gasteiger charge is 2.30. The lowest BCUT2D eigenvalue weighted by Gasteiger charge is -2.16. The third-order valence-corrected chi connectivity index (χ3v) is 5.13. The zero-order valence-electron chi connectivity index (χ0n) is 16.1. The molecule has 5 rings (SSSR count). The zero-order chi connectivity index (χ0) is 20.0. The van der Waals surface area contributed by atoms with Crippen LogP contribution in [-0.2, 0) is 0 Å². The molecule has 4 heterocycles. The predicted molar refractivity (Wildman–Crippen MR) is 99.5 cm³/mol. The molecule has 29 heavy (non-hydrogen) atoms. The number of fused-ring (bicyclic) bond motifs is 1. The fourth-order valence-corrected chi connectivity index (χ4v) is 3.48. The molecule has 0 unspecified atom stereocenters. The summed E-state index contributed by atoms with van der Waals surface area (Å²) >= 11 is 0. The first-order valence-corrected chi connectivity index (χ1v) is 9.53. The summed E-state index contributed by atoms with van der Waals surface area (Å²) in [4.78, 5) is 19.0. The quantitative estimate of drug-likeness (QED) is 0.661. The van der Waals surface area contributed by atoms with Crippen LogP contribution in [0.1, 0.15) is 48.4 Å². The summed E-state index contributed by atoms with van der Waals surface area (Å²) in [5.41, 5.74) is 1.12. The molecule has 1 aromatic carbocycles. The molecular weight excluding hydrogens is 376 g/mol. The second-order valence-electron chi connectivity index (χ2n) is 7.46. The van der Waals surface area contributed by atoms with E-state index >= 15 is 0 Å². The Kier molecular flexibility index (Phi) is 4.18. The van der Waals surface area contributed by atoms with Gasteiger partial charge in [-0.2, -0.15) is 4.98 Å². The fraction of sp³-hybridized carbons (Fsp3) is 0.421. The van der Waals surface area contributed by atoms with Gasteiger partial charge in [0.15, 0.2) is 23.0 Å². The molecule has 0 N–H and O–H groups in total. The lowest BCUT2D eigenvalue weighted by atomic mass is 10.2. The number of rotatable bonds is 4. The molecule has 0 saturated carbocycles. The van der Waals surface area contributed by atoms with E-state index in [1.54, 1.807) is 29.1 Å². The molecule has 0 radical (unpaired) electrons. The van der Waals surface area contributed by atoms with Crippen molar-refractivity contribution in [3.05, 3.63) is 35.8 Å². The number of aromatic nitrogens is 5. The normalized spacial score (nSPS) is 18.0. The van der Waals surface area contributed by atoms with E-state index < -0.39 is 0 Å². The van der Waals surface area contributed by atoms with E-state index in [0.717, 1.165) is 6.42 Å². The number of hydrogen-bond donors (Lipinski definition) is 0. The third kappa shape index (κ3) is 3.20. The highest BCUT2D eigenvalue weighted by molar-refractivity contribution is 5.95. The molecule has 2 aromatic heterocycles. The van der Waals surface area contributed by atoms with Crippen molar-refractivity contribution in [1.82, 2.24) is 30.0 Å². The lowest BCUT2D eigenvalue weighted by molar-refractivity contribution is 0.0786. The number of likely N-dealkylation sites (tertiary alicyclic amines) is 1. The number of hydrogen-bond acceptors (Lipinski definition) is 8. The molecule has 150 valence electrons. The summed E-state index contributed by atoms with van der Waals surface area (Å²) < 4.78 is 17.7. The molecule has 3 aromatic rings. The predicted octanol–water partition coefficient (Wildman–Crippen LogP) is 2.27. The van der Waals surface area contributed by atoms with Gasteiger partial charge in [-0.15, -0.1) is 5.10 Å². The van der Waals surface area contributed by atoms with Crippen LogP contribution in [0.5, 0.6) is 11.5 Å². The van der Waals surface area contributed by atoms with Gasteiger partial charge in [-0.05, 0) is 24.6 Å². The van der Waals surface area contributed by atoms with E-state index in [0.29, 0.717) is 47.6 Å². The number of amides is 1. The molecule has 0 aliphatic carbocycles. The molecule has 2 aliphatic rings. The fourth-order valence-electron chi connectivity index (χ4n) is 3.48. The monoisotopic (exact) mass is 396 g/mol. The third-order valence-electron chi connectivity index (χ3n) is 5.13. The van der Waals surface area contributed by atoms with Crippen LogP contribution in [0.25, 0.3) is 11.6 Å². The minimum Gasteiger partial charge on any atom is -0.454 e. The zero-order valence-corrected chi connectivity index (χ0v) is 16.1.